The molecule has 0 atom stereocenters. The normalized spacial score (nSPS) is 11.0. The fraction of sp³-hybridized carbons (Fsp3) is 0.176. The molecule has 3 aromatic rings. The molecular formula is C17H17N3O2S2. The van der Waals surface area contributed by atoms with E-state index in [1.165, 1.54) is 0 Å². The molecule has 7 heteroatoms. The molecule has 0 spiro atoms. The van der Waals surface area contributed by atoms with Gasteiger partial charge in [0.15, 0.2) is 0 Å². The van der Waals surface area contributed by atoms with E-state index in [2.05, 4.69) is 33.9 Å². The number of anilines is 1. The summed E-state index contributed by atoms with van der Waals surface area (Å²) < 4.78 is 10.5. The van der Waals surface area contributed by atoms with Crippen LogP contribution in [0.3, 0.4) is 0 Å². The van der Waals surface area contributed by atoms with Crippen LogP contribution in [0.5, 0.6) is 11.5 Å². The summed E-state index contributed by atoms with van der Waals surface area (Å²) in [6, 6.07) is 9.69. The van der Waals surface area contributed by atoms with Crippen LogP contribution in [0, 0.1) is 6.92 Å². The smallest absolute Gasteiger partial charge is 0.204 e. The third-order valence-corrected chi connectivity index (χ3v) is 5.11. The van der Waals surface area contributed by atoms with Gasteiger partial charge in [-0.15, -0.1) is 22.7 Å². The molecule has 5 nitrogen and oxygen atoms in total. The van der Waals surface area contributed by atoms with Crippen molar-refractivity contribution in [3.05, 3.63) is 46.2 Å². The van der Waals surface area contributed by atoms with Crippen molar-refractivity contribution in [1.29, 1.82) is 0 Å². The minimum absolute atomic E-state index is 0.703. The van der Waals surface area contributed by atoms with Crippen LogP contribution >= 0.6 is 22.7 Å². The van der Waals surface area contributed by atoms with E-state index < -0.39 is 0 Å². The molecular weight excluding hydrogens is 342 g/mol. The molecule has 0 fully saturated rings. The molecule has 0 radical (unpaired) electrons. The number of methoxy groups -OCH3 is 2. The zero-order valence-electron chi connectivity index (χ0n) is 13.6. The van der Waals surface area contributed by atoms with Crippen LogP contribution in [-0.2, 0) is 0 Å². The summed E-state index contributed by atoms with van der Waals surface area (Å²) in [6.45, 7) is 2.06. The fourth-order valence-corrected chi connectivity index (χ4v) is 3.78. The first-order valence-electron chi connectivity index (χ1n) is 7.23. The Morgan fingerprint density at radius 2 is 2.08 bits per heavy atom. The van der Waals surface area contributed by atoms with E-state index >= 15 is 0 Å². The van der Waals surface area contributed by atoms with Gasteiger partial charge in [-0.3, -0.25) is 5.43 Å². The van der Waals surface area contributed by atoms with Crippen molar-refractivity contribution in [2.24, 2.45) is 5.10 Å². The molecule has 0 amide bonds. The van der Waals surface area contributed by atoms with Crippen LogP contribution in [0.25, 0.3) is 10.6 Å². The molecule has 0 aliphatic rings. The van der Waals surface area contributed by atoms with Gasteiger partial charge < -0.3 is 9.47 Å². The quantitative estimate of drug-likeness (QED) is 0.514. The lowest BCUT2D eigenvalue weighted by atomic mass is 10.2. The predicted molar refractivity (Wildman–Crippen MR) is 101 cm³/mol. The van der Waals surface area contributed by atoms with E-state index in [4.69, 9.17) is 9.47 Å². The monoisotopic (exact) mass is 359 g/mol. The van der Waals surface area contributed by atoms with Crippen LogP contribution in [0.15, 0.2) is 40.8 Å². The molecule has 124 valence electrons. The van der Waals surface area contributed by atoms with E-state index in [0.717, 1.165) is 31.9 Å². The maximum Gasteiger partial charge on any atom is 0.204 e. The number of thiazole rings is 1. The van der Waals surface area contributed by atoms with Crippen LogP contribution < -0.4 is 14.9 Å². The fourth-order valence-electron chi connectivity index (χ4n) is 2.17. The summed E-state index contributed by atoms with van der Waals surface area (Å²) in [5.41, 5.74) is 4.86. The van der Waals surface area contributed by atoms with Crippen molar-refractivity contribution < 1.29 is 9.47 Å². The molecule has 1 aromatic carbocycles. The summed E-state index contributed by atoms with van der Waals surface area (Å²) in [4.78, 5) is 6.93. The summed E-state index contributed by atoms with van der Waals surface area (Å²) in [5, 5.41) is 7.08. The highest BCUT2D eigenvalue weighted by Crippen LogP contribution is 2.33. The molecule has 0 bridgehead atoms. The van der Waals surface area contributed by atoms with Gasteiger partial charge in [0.1, 0.15) is 11.5 Å². The molecule has 2 heterocycles. The maximum absolute atomic E-state index is 5.35. The molecule has 0 saturated heterocycles. The van der Waals surface area contributed by atoms with Gasteiger partial charge in [-0.25, -0.2) is 4.98 Å². The molecule has 0 aliphatic carbocycles. The average molecular weight is 359 g/mol. The van der Waals surface area contributed by atoms with Gasteiger partial charge in [-0.05, 0) is 30.5 Å². The number of hydrogen-bond acceptors (Lipinski definition) is 7. The standard InChI is InChI=1S/C17H17N3O2S2/c1-11-16(15-5-4-8-23-15)19-17(24-11)20-18-10-12-6-7-13(21-2)9-14(12)22-3/h4-10H,1-3H3,(H,19,20)/b18-10-. The highest BCUT2D eigenvalue weighted by molar-refractivity contribution is 7.17. The van der Waals surface area contributed by atoms with Gasteiger partial charge >= 0.3 is 0 Å². The zero-order valence-corrected chi connectivity index (χ0v) is 15.2. The number of hydrazone groups is 1. The third-order valence-electron chi connectivity index (χ3n) is 3.36. The van der Waals surface area contributed by atoms with E-state index in [1.807, 2.05) is 24.3 Å². The van der Waals surface area contributed by atoms with Crippen molar-refractivity contribution in [1.82, 2.24) is 4.98 Å². The Kier molecular flexibility index (Phi) is 5.12. The van der Waals surface area contributed by atoms with Gasteiger partial charge in [0.2, 0.25) is 5.13 Å². The first-order chi connectivity index (χ1) is 11.7. The van der Waals surface area contributed by atoms with E-state index in [-0.39, 0.29) is 0 Å². The largest absolute Gasteiger partial charge is 0.497 e. The lowest BCUT2D eigenvalue weighted by Crippen LogP contribution is -1.95. The van der Waals surface area contributed by atoms with Crippen LogP contribution in [-0.4, -0.2) is 25.4 Å². The molecule has 24 heavy (non-hydrogen) atoms. The molecule has 0 aliphatic heterocycles. The predicted octanol–water partition coefficient (Wildman–Crippen LogP) is 4.64. The number of thiophene rings is 1. The van der Waals surface area contributed by atoms with Crippen molar-refractivity contribution >= 4 is 34.0 Å². The van der Waals surface area contributed by atoms with E-state index in [0.29, 0.717) is 5.75 Å². The summed E-state index contributed by atoms with van der Waals surface area (Å²) in [7, 11) is 3.25. The van der Waals surface area contributed by atoms with Crippen molar-refractivity contribution in [3.8, 4) is 22.1 Å². The molecule has 0 saturated carbocycles. The molecule has 0 unspecified atom stereocenters. The number of ether oxygens (including phenoxy) is 2. The Morgan fingerprint density at radius 1 is 1.21 bits per heavy atom. The number of nitrogens with zero attached hydrogens (tertiary/aromatic N) is 2. The Morgan fingerprint density at radius 3 is 2.79 bits per heavy atom. The Bertz CT molecular complexity index is 842. The number of rotatable bonds is 6. The van der Waals surface area contributed by atoms with Gasteiger partial charge in [-0.2, -0.15) is 5.10 Å². The summed E-state index contributed by atoms with van der Waals surface area (Å²) >= 11 is 3.27. The maximum atomic E-state index is 5.35. The third kappa shape index (κ3) is 3.58. The lowest BCUT2D eigenvalue weighted by molar-refractivity contribution is 0.394. The first-order valence-corrected chi connectivity index (χ1v) is 8.93. The number of nitrogens with one attached hydrogen (secondary N) is 1. The van der Waals surface area contributed by atoms with E-state index in [1.54, 1.807) is 43.1 Å². The van der Waals surface area contributed by atoms with Crippen LogP contribution in [0.2, 0.25) is 0 Å². The molecule has 2 aromatic heterocycles. The lowest BCUT2D eigenvalue weighted by Gasteiger charge is -2.06. The highest BCUT2D eigenvalue weighted by Gasteiger charge is 2.10. The second-order valence-corrected chi connectivity index (χ2v) is 7.03. The Balaban J connectivity index is 1.74. The van der Waals surface area contributed by atoms with Gasteiger partial charge in [0.05, 0.1) is 31.0 Å². The topological polar surface area (TPSA) is 55.7 Å². The van der Waals surface area contributed by atoms with Crippen molar-refractivity contribution in [3.63, 3.8) is 0 Å². The summed E-state index contributed by atoms with van der Waals surface area (Å²) in [5.74, 6) is 1.45. The SMILES string of the molecule is COc1ccc(/C=N\Nc2nc(-c3cccs3)c(C)s2)c(OC)c1. The van der Waals surface area contributed by atoms with Crippen molar-refractivity contribution in [2.45, 2.75) is 6.92 Å². The van der Waals surface area contributed by atoms with Crippen LogP contribution in [0.4, 0.5) is 5.13 Å². The minimum Gasteiger partial charge on any atom is -0.497 e. The number of aromatic nitrogens is 1. The zero-order chi connectivity index (χ0) is 16.9. The number of aryl methyl sites for hydroxylation is 1. The van der Waals surface area contributed by atoms with Crippen molar-refractivity contribution in [2.75, 3.05) is 19.6 Å². The second-order valence-electron chi connectivity index (χ2n) is 4.88. The number of benzene rings is 1. The summed E-state index contributed by atoms with van der Waals surface area (Å²) in [6.07, 6.45) is 1.71. The number of hydrogen-bond donors (Lipinski definition) is 1. The van der Waals surface area contributed by atoms with E-state index in [9.17, 15) is 0 Å². The second kappa shape index (κ2) is 7.46. The van der Waals surface area contributed by atoms with Crippen LogP contribution in [0.1, 0.15) is 10.4 Å². The molecule has 3 rings (SSSR count). The Labute approximate surface area is 148 Å². The minimum atomic E-state index is 0.703. The van der Waals surface area contributed by atoms with Gasteiger partial charge in [0.25, 0.3) is 0 Å². The molecule has 1 N–H and O–H groups in total. The van der Waals surface area contributed by atoms with Gasteiger partial charge in [0, 0.05) is 16.5 Å². The Hall–Kier alpha value is -2.38. The van der Waals surface area contributed by atoms with Gasteiger partial charge in [-0.1, -0.05) is 6.07 Å². The average Bonchev–Trinajstić information content (AvgIpc) is 3.24. The first kappa shape index (κ1) is 16.5. The highest BCUT2D eigenvalue weighted by atomic mass is 32.1.